The Bertz CT molecular complexity index is 1150. The zero-order valence-electron chi connectivity index (χ0n) is 23.1. The highest BCUT2D eigenvalue weighted by molar-refractivity contribution is 5.80. The fourth-order valence-corrected chi connectivity index (χ4v) is 10.3. The van der Waals surface area contributed by atoms with Crippen LogP contribution in [-0.4, -0.2) is 22.1 Å². The van der Waals surface area contributed by atoms with Gasteiger partial charge in [-0.3, -0.25) is 4.79 Å². The molecular weight excluding hydrogens is 456 g/mol. The number of anilines is 1. The highest BCUT2D eigenvalue weighted by Crippen LogP contribution is 2.68. The van der Waals surface area contributed by atoms with Crippen LogP contribution < -0.4 is 5.32 Å². The lowest BCUT2D eigenvalue weighted by Gasteiger charge is -2.61. The Morgan fingerprint density at radius 2 is 1.78 bits per heavy atom. The summed E-state index contributed by atoms with van der Waals surface area (Å²) >= 11 is 0. The third-order valence-electron chi connectivity index (χ3n) is 12.2. The van der Waals surface area contributed by atoms with E-state index in [0.29, 0.717) is 35.1 Å². The van der Waals surface area contributed by atoms with Crippen molar-refractivity contribution in [2.24, 2.45) is 46.3 Å². The molecule has 4 saturated carbocycles. The lowest BCUT2D eigenvalue weighted by Crippen LogP contribution is -2.54. The van der Waals surface area contributed by atoms with Crippen LogP contribution in [0.5, 0.6) is 0 Å². The predicted molar refractivity (Wildman–Crippen MR) is 150 cm³/mol. The number of carbonyl (C=O) groups is 1. The molecule has 5 unspecified atom stereocenters. The Balaban J connectivity index is 1.13. The molecule has 2 aromatic rings. The lowest BCUT2D eigenvalue weighted by molar-refractivity contribution is -0.137. The number of nitrogens with zero attached hydrogens (tertiary/aromatic N) is 1. The lowest BCUT2D eigenvalue weighted by atomic mass is 9.44. The van der Waals surface area contributed by atoms with Crippen molar-refractivity contribution in [2.45, 2.75) is 97.4 Å². The van der Waals surface area contributed by atoms with Gasteiger partial charge in [-0.15, -0.1) is 0 Å². The minimum Gasteiger partial charge on any atom is -0.481 e. The van der Waals surface area contributed by atoms with Crippen LogP contribution in [0.3, 0.4) is 0 Å². The third-order valence-corrected chi connectivity index (χ3v) is 12.2. The molecule has 37 heavy (non-hydrogen) atoms. The Kier molecular flexibility index (Phi) is 6.52. The van der Waals surface area contributed by atoms with E-state index >= 15 is 0 Å². The number of pyridine rings is 1. The summed E-state index contributed by atoms with van der Waals surface area (Å²) in [5, 5.41) is 14.3. The average Bonchev–Trinajstić information content (AvgIpc) is 3.25. The molecule has 200 valence electrons. The molecule has 4 nitrogen and oxygen atoms in total. The summed E-state index contributed by atoms with van der Waals surface area (Å²) in [5.41, 5.74) is 1.97. The second-order valence-electron chi connectivity index (χ2n) is 13.8. The van der Waals surface area contributed by atoms with Crippen molar-refractivity contribution in [1.29, 1.82) is 0 Å². The standard InChI is InChI=1S/C33H46N2O2/c1-21(8-15-31(36)37)26-12-13-27-25-11-10-23-20-24(16-18-32(23,2)28(25)17-19-33(26,27)3)34-30-14-9-22-6-4-5-7-29(22)35-30/h4-7,9,14,21,23-28H,8,10-13,15-20H2,1-3H3,(H,34,35)(H,36,37)/t21?,23-,24-,25?,26?,27?,28?,32+,33-/m1/s1. The molecule has 1 aromatic carbocycles. The van der Waals surface area contributed by atoms with Gasteiger partial charge in [-0.1, -0.05) is 39.0 Å². The monoisotopic (exact) mass is 502 g/mol. The summed E-state index contributed by atoms with van der Waals surface area (Å²) in [6, 6.07) is 13.3. The van der Waals surface area contributed by atoms with E-state index in [1.807, 2.05) is 0 Å². The van der Waals surface area contributed by atoms with E-state index in [4.69, 9.17) is 4.98 Å². The molecule has 0 amide bonds. The van der Waals surface area contributed by atoms with Gasteiger partial charge in [0.05, 0.1) is 5.52 Å². The first kappa shape index (κ1) is 25.2. The molecule has 6 rings (SSSR count). The number of nitrogens with one attached hydrogen (secondary N) is 1. The molecule has 4 fully saturated rings. The molecule has 1 aromatic heterocycles. The van der Waals surface area contributed by atoms with Crippen LogP contribution in [0.15, 0.2) is 36.4 Å². The van der Waals surface area contributed by atoms with Crippen molar-refractivity contribution >= 4 is 22.7 Å². The van der Waals surface area contributed by atoms with Gasteiger partial charge in [0.25, 0.3) is 0 Å². The second kappa shape index (κ2) is 9.58. The Morgan fingerprint density at radius 3 is 2.62 bits per heavy atom. The smallest absolute Gasteiger partial charge is 0.303 e. The topological polar surface area (TPSA) is 62.2 Å². The van der Waals surface area contributed by atoms with Gasteiger partial charge < -0.3 is 10.4 Å². The first-order valence-electron chi connectivity index (χ1n) is 15.1. The fourth-order valence-electron chi connectivity index (χ4n) is 10.3. The molecule has 4 heteroatoms. The minimum absolute atomic E-state index is 0.328. The van der Waals surface area contributed by atoms with Crippen molar-refractivity contribution in [3.8, 4) is 0 Å². The van der Waals surface area contributed by atoms with Gasteiger partial charge in [0, 0.05) is 17.8 Å². The van der Waals surface area contributed by atoms with E-state index in [1.165, 1.54) is 63.2 Å². The number of aromatic nitrogens is 1. The number of benzene rings is 1. The van der Waals surface area contributed by atoms with E-state index < -0.39 is 5.97 Å². The Morgan fingerprint density at radius 1 is 1.00 bits per heavy atom. The number of hydrogen-bond donors (Lipinski definition) is 2. The molecule has 0 bridgehead atoms. The van der Waals surface area contributed by atoms with E-state index in [-0.39, 0.29) is 0 Å². The molecule has 4 aliphatic carbocycles. The maximum absolute atomic E-state index is 11.2. The van der Waals surface area contributed by atoms with Gasteiger partial charge in [0.15, 0.2) is 0 Å². The van der Waals surface area contributed by atoms with E-state index in [2.05, 4.69) is 62.5 Å². The average molecular weight is 503 g/mol. The van der Waals surface area contributed by atoms with Crippen molar-refractivity contribution in [2.75, 3.05) is 5.32 Å². The summed E-state index contributed by atoms with van der Waals surface area (Å²) in [6.45, 7) is 7.59. The Hall–Kier alpha value is -2.10. The molecule has 2 N–H and O–H groups in total. The van der Waals surface area contributed by atoms with Crippen LogP contribution >= 0.6 is 0 Å². The summed E-state index contributed by atoms with van der Waals surface area (Å²) in [6.07, 6.45) is 13.3. The number of aliphatic carboxylic acids is 1. The van der Waals surface area contributed by atoms with E-state index in [9.17, 15) is 9.90 Å². The van der Waals surface area contributed by atoms with E-state index in [1.54, 1.807) is 0 Å². The van der Waals surface area contributed by atoms with E-state index in [0.717, 1.165) is 41.4 Å². The molecule has 0 radical (unpaired) electrons. The molecular formula is C33H46N2O2. The zero-order chi connectivity index (χ0) is 25.8. The molecule has 0 aliphatic heterocycles. The molecule has 9 atom stereocenters. The van der Waals surface area contributed by atoms with Crippen LogP contribution in [0.1, 0.15) is 91.4 Å². The van der Waals surface area contributed by atoms with Gasteiger partial charge in [-0.25, -0.2) is 4.98 Å². The largest absolute Gasteiger partial charge is 0.481 e. The van der Waals surface area contributed by atoms with Gasteiger partial charge >= 0.3 is 5.97 Å². The fraction of sp³-hybridized carbons (Fsp3) is 0.697. The molecule has 0 saturated heterocycles. The number of fused-ring (bicyclic) bond motifs is 6. The predicted octanol–water partition coefficient (Wildman–Crippen LogP) is 8.18. The van der Waals surface area contributed by atoms with Gasteiger partial charge in [-0.05, 0) is 129 Å². The van der Waals surface area contributed by atoms with Crippen molar-refractivity contribution in [3.63, 3.8) is 0 Å². The maximum atomic E-state index is 11.2. The highest BCUT2D eigenvalue weighted by Gasteiger charge is 2.60. The zero-order valence-corrected chi connectivity index (χ0v) is 23.1. The van der Waals surface area contributed by atoms with Gasteiger partial charge in [0.1, 0.15) is 5.82 Å². The number of rotatable bonds is 6. The van der Waals surface area contributed by atoms with Crippen molar-refractivity contribution < 1.29 is 9.90 Å². The third kappa shape index (κ3) is 4.36. The first-order valence-corrected chi connectivity index (χ1v) is 15.1. The second-order valence-corrected chi connectivity index (χ2v) is 13.8. The maximum Gasteiger partial charge on any atom is 0.303 e. The molecule has 1 heterocycles. The SMILES string of the molecule is CC(CCC(=O)O)C1CCC2C3CC[C@@H]4C[C@H](Nc5ccc6ccccc6n5)CC[C@]4(C)C3CC[C@]12C. The van der Waals surface area contributed by atoms with Crippen molar-refractivity contribution in [1.82, 2.24) is 4.98 Å². The number of para-hydroxylation sites is 1. The minimum atomic E-state index is -0.636. The number of hydrogen-bond acceptors (Lipinski definition) is 3. The first-order chi connectivity index (χ1) is 17.8. The summed E-state index contributed by atoms with van der Waals surface area (Å²) in [5.74, 6) is 5.04. The van der Waals surface area contributed by atoms with Crippen LogP contribution in [0.2, 0.25) is 0 Å². The van der Waals surface area contributed by atoms with Crippen LogP contribution in [0.4, 0.5) is 5.82 Å². The highest BCUT2D eigenvalue weighted by atomic mass is 16.4. The van der Waals surface area contributed by atoms with Crippen molar-refractivity contribution in [3.05, 3.63) is 36.4 Å². The number of carboxylic acid groups (broad SMARTS) is 1. The summed E-state index contributed by atoms with van der Waals surface area (Å²) < 4.78 is 0. The molecule has 0 spiro atoms. The number of carboxylic acids is 1. The Labute approximate surface area is 223 Å². The van der Waals surface area contributed by atoms with Crippen LogP contribution in [0, 0.1) is 46.3 Å². The van der Waals surface area contributed by atoms with Crippen LogP contribution in [0.25, 0.3) is 10.9 Å². The van der Waals surface area contributed by atoms with Gasteiger partial charge in [-0.2, -0.15) is 0 Å². The van der Waals surface area contributed by atoms with Gasteiger partial charge in [0.2, 0.25) is 0 Å². The summed E-state index contributed by atoms with van der Waals surface area (Å²) in [4.78, 5) is 16.1. The van der Waals surface area contributed by atoms with Crippen LogP contribution in [-0.2, 0) is 4.79 Å². The summed E-state index contributed by atoms with van der Waals surface area (Å²) in [7, 11) is 0. The quantitative estimate of drug-likeness (QED) is 0.418. The molecule has 4 aliphatic rings. The normalized spacial score (nSPS) is 39.9.